The molecule has 5 nitrogen and oxygen atoms in total. The summed E-state index contributed by atoms with van der Waals surface area (Å²) in [4.78, 5) is 15.1. The Labute approximate surface area is 165 Å². The van der Waals surface area contributed by atoms with Crippen LogP contribution in [0.4, 0.5) is 4.39 Å². The van der Waals surface area contributed by atoms with Gasteiger partial charge in [0.25, 0.3) is 5.91 Å². The molecule has 0 saturated carbocycles. The molecular weight excluding hydrogens is 355 g/mol. The van der Waals surface area contributed by atoms with Crippen LogP contribution >= 0.6 is 0 Å². The number of halogens is 1. The third-order valence-corrected chi connectivity index (χ3v) is 5.98. The van der Waals surface area contributed by atoms with Gasteiger partial charge in [-0.3, -0.25) is 9.48 Å². The van der Waals surface area contributed by atoms with E-state index in [0.29, 0.717) is 12.2 Å². The number of nitrogens with zero attached hydrogens (tertiary/aromatic N) is 3. The Bertz CT molecular complexity index is 841. The molecule has 0 spiro atoms. The average molecular weight is 384 g/mol. The number of fused-ring (bicyclic) bond motifs is 1. The van der Waals surface area contributed by atoms with Crippen LogP contribution in [-0.2, 0) is 25.9 Å². The first kappa shape index (κ1) is 19.1. The molecule has 2 aromatic rings. The number of nitrogens with one attached hydrogen (secondary N) is 1. The molecule has 4 rings (SSSR count). The molecule has 1 aromatic carbocycles. The lowest BCUT2D eigenvalue weighted by molar-refractivity contribution is 0.0716. The highest BCUT2D eigenvalue weighted by Crippen LogP contribution is 2.27. The normalized spacial score (nSPS) is 19.5. The maximum atomic E-state index is 13.4. The van der Waals surface area contributed by atoms with Crippen molar-refractivity contribution >= 4 is 5.91 Å². The zero-order valence-corrected chi connectivity index (χ0v) is 16.6. The number of carbonyl (C=O) groups excluding carboxylic acids is 1. The number of hydrogen-bond acceptors (Lipinski definition) is 3. The highest BCUT2D eigenvalue weighted by Gasteiger charge is 2.31. The lowest BCUT2D eigenvalue weighted by Crippen LogP contribution is -2.38. The van der Waals surface area contributed by atoms with Crippen molar-refractivity contribution in [1.29, 1.82) is 0 Å². The van der Waals surface area contributed by atoms with E-state index in [2.05, 4.69) is 12.2 Å². The van der Waals surface area contributed by atoms with Gasteiger partial charge >= 0.3 is 0 Å². The minimum absolute atomic E-state index is 0.0916. The van der Waals surface area contributed by atoms with Crippen molar-refractivity contribution in [3.63, 3.8) is 0 Å². The van der Waals surface area contributed by atoms with Gasteiger partial charge in [0.15, 0.2) is 5.69 Å². The molecular formula is C22H29FN4O. The number of carbonyl (C=O) groups is 1. The number of piperidine rings is 1. The molecule has 1 fully saturated rings. The molecule has 1 amide bonds. The topological polar surface area (TPSA) is 50.2 Å². The molecule has 6 heteroatoms. The highest BCUT2D eigenvalue weighted by molar-refractivity contribution is 5.94. The number of likely N-dealkylation sites (tertiary alicyclic amines) is 1. The number of aryl methyl sites for hydroxylation is 1. The Balaban J connectivity index is 1.50. The first-order chi connectivity index (χ1) is 13.7. The fourth-order valence-corrected chi connectivity index (χ4v) is 4.45. The SMILES string of the molecule is CCn1nc(C(=O)N2CCCCC2)c2c1CCC(NCc1cccc(F)c1)C2. The zero-order chi connectivity index (χ0) is 19.5. The van der Waals surface area contributed by atoms with Crippen molar-refractivity contribution in [1.82, 2.24) is 20.0 Å². The fourth-order valence-electron chi connectivity index (χ4n) is 4.45. The van der Waals surface area contributed by atoms with Gasteiger partial charge < -0.3 is 10.2 Å². The molecule has 1 atom stereocenters. The maximum absolute atomic E-state index is 13.4. The molecule has 0 bridgehead atoms. The smallest absolute Gasteiger partial charge is 0.274 e. The van der Waals surface area contributed by atoms with Crippen LogP contribution in [0.1, 0.15) is 59.9 Å². The van der Waals surface area contributed by atoms with Gasteiger partial charge in [0, 0.05) is 43.5 Å². The summed E-state index contributed by atoms with van der Waals surface area (Å²) in [5.41, 5.74) is 3.92. The predicted octanol–water partition coefficient (Wildman–Crippen LogP) is 3.32. The van der Waals surface area contributed by atoms with Gasteiger partial charge in [-0.15, -0.1) is 0 Å². The highest BCUT2D eigenvalue weighted by atomic mass is 19.1. The summed E-state index contributed by atoms with van der Waals surface area (Å²) >= 11 is 0. The zero-order valence-electron chi connectivity index (χ0n) is 16.6. The van der Waals surface area contributed by atoms with E-state index in [0.717, 1.165) is 62.9 Å². The molecule has 1 N–H and O–H groups in total. The van der Waals surface area contributed by atoms with Crippen molar-refractivity contribution < 1.29 is 9.18 Å². The maximum Gasteiger partial charge on any atom is 0.274 e. The van der Waals surface area contributed by atoms with Gasteiger partial charge in [0.05, 0.1) is 0 Å². The Kier molecular flexibility index (Phi) is 5.76. The second kappa shape index (κ2) is 8.43. The van der Waals surface area contributed by atoms with Gasteiger partial charge in [-0.2, -0.15) is 5.10 Å². The van der Waals surface area contributed by atoms with Crippen molar-refractivity contribution in [2.75, 3.05) is 13.1 Å². The Morgan fingerprint density at radius 1 is 1.29 bits per heavy atom. The summed E-state index contributed by atoms with van der Waals surface area (Å²) in [6.45, 7) is 5.19. The standard InChI is InChI=1S/C22H29FN4O/c1-2-27-20-10-9-18(24-15-16-7-6-8-17(23)13-16)14-19(20)21(25-27)22(28)26-11-4-3-5-12-26/h6-8,13,18,24H,2-5,9-12,14-15H2,1H3. The molecule has 1 saturated heterocycles. The van der Waals surface area contributed by atoms with Crippen LogP contribution in [0.25, 0.3) is 0 Å². The first-order valence-electron chi connectivity index (χ1n) is 10.5. The lowest BCUT2D eigenvalue weighted by Gasteiger charge is -2.28. The van der Waals surface area contributed by atoms with Crippen molar-refractivity contribution in [2.45, 2.75) is 64.6 Å². The number of aromatic nitrogens is 2. The number of benzene rings is 1. The van der Waals surface area contributed by atoms with Crippen LogP contribution in [0.15, 0.2) is 24.3 Å². The molecule has 2 aliphatic rings. The Morgan fingerprint density at radius 2 is 2.11 bits per heavy atom. The first-order valence-corrected chi connectivity index (χ1v) is 10.5. The number of amides is 1. The summed E-state index contributed by atoms with van der Waals surface area (Å²) < 4.78 is 15.4. The third-order valence-electron chi connectivity index (χ3n) is 5.98. The van der Waals surface area contributed by atoms with Crippen LogP contribution in [0.5, 0.6) is 0 Å². The van der Waals surface area contributed by atoms with Gasteiger partial charge in [-0.05, 0) is 63.1 Å². The summed E-state index contributed by atoms with van der Waals surface area (Å²) in [7, 11) is 0. The monoisotopic (exact) mass is 384 g/mol. The van der Waals surface area contributed by atoms with E-state index in [-0.39, 0.29) is 17.8 Å². The summed E-state index contributed by atoms with van der Waals surface area (Å²) in [5.74, 6) is -0.113. The molecule has 150 valence electrons. The van der Waals surface area contributed by atoms with Gasteiger partial charge in [-0.1, -0.05) is 12.1 Å². The fraction of sp³-hybridized carbons (Fsp3) is 0.545. The molecule has 1 aliphatic heterocycles. The van der Waals surface area contributed by atoms with E-state index in [1.54, 1.807) is 12.1 Å². The van der Waals surface area contributed by atoms with E-state index >= 15 is 0 Å². The second-order valence-corrected chi connectivity index (χ2v) is 7.89. The molecule has 1 aromatic heterocycles. The molecule has 1 aliphatic carbocycles. The van der Waals surface area contributed by atoms with Gasteiger partial charge in [0.2, 0.25) is 0 Å². The van der Waals surface area contributed by atoms with E-state index in [1.165, 1.54) is 18.2 Å². The van der Waals surface area contributed by atoms with E-state index < -0.39 is 0 Å². The third kappa shape index (κ3) is 3.97. The van der Waals surface area contributed by atoms with Crippen LogP contribution in [0.2, 0.25) is 0 Å². The predicted molar refractivity (Wildman–Crippen MR) is 107 cm³/mol. The Morgan fingerprint density at radius 3 is 2.86 bits per heavy atom. The summed E-state index contributed by atoms with van der Waals surface area (Å²) in [6, 6.07) is 6.99. The quantitative estimate of drug-likeness (QED) is 0.860. The summed E-state index contributed by atoms with van der Waals surface area (Å²) in [6.07, 6.45) is 6.10. The lowest BCUT2D eigenvalue weighted by atomic mass is 9.90. The number of hydrogen-bond donors (Lipinski definition) is 1. The minimum Gasteiger partial charge on any atom is -0.337 e. The van der Waals surface area contributed by atoms with Crippen LogP contribution in [0.3, 0.4) is 0 Å². The number of rotatable bonds is 5. The van der Waals surface area contributed by atoms with Crippen molar-refractivity contribution in [3.8, 4) is 0 Å². The van der Waals surface area contributed by atoms with Crippen LogP contribution in [0, 0.1) is 5.82 Å². The average Bonchev–Trinajstić information content (AvgIpc) is 3.10. The molecule has 0 radical (unpaired) electrons. The summed E-state index contributed by atoms with van der Waals surface area (Å²) in [5, 5.41) is 8.25. The largest absolute Gasteiger partial charge is 0.337 e. The molecule has 28 heavy (non-hydrogen) atoms. The second-order valence-electron chi connectivity index (χ2n) is 7.89. The van der Waals surface area contributed by atoms with Crippen molar-refractivity contribution in [2.24, 2.45) is 0 Å². The minimum atomic E-state index is -0.205. The van der Waals surface area contributed by atoms with E-state index in [1.807, 2.05) is 15.6 Å². The van der Waals surface area contributed by atoms with Crippen molar-refractivity contribution in [3.05, 3.63) is 52.6 Å². The Hall–Kier alpha value is -2.21. The molecule has 1 unspecified atom stereocenters. The van der Waals surface area contributed by atoms with E-state index in [4.69, 9.17) is 5.10 Å². The van der Waals surface area contributed by atoms with Crippen LogP contribution < -0.4 is 5.32 Å². The van der Waals surface area contributed by atoms with Crippen LogP contribution in [-0.4, -0.2) is 39.7 Å². The van der Waals surface area contributed by atoms with E-state index in [9.17, 15) is 9.18 Å². The van der Waals surface area contributed by atoms with Gasteiger partial charge in [-0.25, -0.2) is 4.39 Å². The van der Waals surface area contributed by atoms with Gasteiger partial charge in [0.1, 0.15) is 5.82 Å². The molecule has 2 heterocycles.